The second-order valence-corrected chi connectivity index (χ2v) is 9.66. The van der Waals surface area contributed by atoms with Crippen LogP contribution in [0.1, 0.15) is 20.5 Å². The number of hydrogen-bond donors (Lipinski definition) is 1. The topological polar surface area (TPSA) is 64.6 Å². The van der Waals surface area contributed by atoms with Crippen molar-refractivity contribution in [2.75, 3.05) is 29.7 Å². The highest BCUT2D eigenvalue weighted by molar-refractivity contribution is 8.19. The number of hydrogen-bond acceptors (Lipinski definition) is 7. The van der Waals surface area contributed by atoms with E-state index in [0.29, 0.717) is 33.1 Å². The van der Waals surface area contributed by atoms with Crippen molar-refractivity contribution in [3.8, 4) is 11.5 Å². The molecule has 0 unspecified atom stereocenters. The number of ether oxygens (including phenoxy) is 2. The number of anilines is 1. The summed E-state index contributed by atoms with van der Waals surface area (Å²) in [6.45, 7) is 0. The molecule has 0 aliphatic carbocycles. The van der Waals surface area contributed by atoms with Crippen molar-refractivity contribution in [3.63, 3.8) is 0 Å². The Hall–Kier alpha value is -1.77. The molecule has 0 aromatic heterocycles. The highest BCUT2D eigenvalue weighted by atomic mass is 32.2. The normalized spacial score (nSPS) is 16.6. The molecule has 1 amide bonds. The Morgan fingerprint density at radius 3 is 2.70 bits per heavy atom. The number of carbonyl (C=O) groups excluding carboxylic acids is 2. The predicted octanol–water partition coefficient (Wildman–Crippen LogP) is 4.44. The first kappa shape index (κ1) is 18.6. The Kier molecular flexibility index (Phi) is 5.56. The fourth-order valence-corrected chi connectivity index (χ4v) is 6.46. The lowest BCUT2D eigenvalue weighted by Gasteiger charge is -2.17. The average Bonchev–Trinajstić information content (AvgIpc) is 3.22. The molecule has 0 atom stereocenters. The molecule has 1 fully saturated rings. The fraction of sp³-hybridized carbons (Fsp3) is 0.263. The predicted molar refractivity (Wildman–Crippen MR) is 111 cm³/mol. The van der Waals surface area contributed by atoms with Crippen molar-refractivity contribution in [1.82, 2.24) is 0 Å². The number of methoxy groups -OCH3 is 1. The molecule has 1 saturated heterocycles. The minimum absolute atomic E-state index is 0.0714. The van der Waals surface area contributed by atoms with Gasteiger partial charge in [0.05, 0.1) is 28.7 Å². The molecule has 2 heterocycles. The fourth-order valence-electron chi connectivity index (χ4n) is 2.83. The minimum atomic E-state index is -0.488. The number of fused-ring (bicyclic) bond motifs is 1. The number of rotatable bonds is 4. The first-order valence-electron chi connectivity index (χ1n) is 8.34. The molecular formula is C19H17NO4S3. The number of nitrogens with one attached hydrogen (secondary N) is 1. The molecule has 2 aliphatic rings. The van der Waals surface area contributed by atoms with Gasteiger partial charge in [0, 0.05) is 16.4 Å². The molecular weight excluding hydrogens is 402 g/mol. The molecule has 4 rings (SSSR count). The van der Waals surface area contributed by atoms with E-state index in [-0.39, 0.29) is 5.91 Å². The van der Waals surface area contributed by atoms with Crippen LogP contribution in [0.3, 0.4) is 0 Å². The molecule has 2 aromatic rings. The van der Waals surface area contributed by atoms with Gasteiger partial charge in [0.25, 0.3) is 0 Å². The Morgan fingerprint density at radius 1 is 1.11 bits per heavy atom. The maximum atomic E-state index is 12.6. The Labute approximate surface area is 170 Å². The van der Waals surface area contributed by atoms with Crippen molar-refractivity contribution in [3.05, 3.63) is 47.5 Å². The first-order valence-corrected chi connectivity index (χ1v) is 11.4. The van der Waals surface area contributed by atoms with Crippen LogP contribution < -0.4 is 14.8 Å². The van der Waals surface area contributed by atoms with Crippen LogP contribution in [-0.4, -0.2) is 36.2 Å². The van der Waals surface area contributed by atoms with Crippen LogP contribution in [0.25, 0.3) is 0 Å². The van der Waals surface area contributed by atoms with Crippen LogP contribution in [0.2, 0.25) is 0 Å². The summed E-state index contributed by atoms with van der Waals surface area (Å²) in [6.07, 6.45) is 0. The van der Waals surface area contributed by atoms with Gasteiger partial charge in [0.2, 0.25) is 5.91 Å². The molecule has 140 valence electrons. The van der Waals surface area contributed by atoms with Gasteiger partial charge < -0.3 is 14.8 Å². The highest BCUT2D eigenvalue weighted by Crippen LogP contribution is 2.47. The summed E-state index contributed by atoms with van der Waals surface area (Å²) < 4.78 is 11.4. The van der Waals surface area contributed by atoms with Gasteiger partial charge in [-0.1, -0.05) is 6.07 Å². The summed E-state index contributed by atoms with van der Waals surface area (Å²) in [4.78, 5) is 25.1. The van der Waals surface area contributed by atoms with Gasteiger partial charge >= 0.3 is 5.97 Å². The SMILES string of the molecule is COc1cc(C2SCCS2)ccc1OC(=O)c1ccc2c(c1)NC(=O)CS2. The molecule has 8 heteroatoms. The van der Waals surface area contributed by atoms with Gasteiger partial charge in [0.15, 0.2) is 11.5 Å². The second kappa shape index (κ2) is 8.08. The zero-order valence-electron chi connectivity index (χ0n) is 14.5. The van der Waals surface area contributed by atoms with E-state index in [2.05, 4.69) is 5.32 Å². The lowest BCUT2D eigenvalue weighted by Crippen LogP contribution is -2.19. The van der Waals surface area contributed by atoms with Crippen LogP contribution in [0.15, 0.2) is 41.3 Å². The molecule has 0 bridgehead atoms. The number of amides is 1. The molecule has 27 heavy (non-hydrogen) atoms. The van der Waals surface area contributed by atoms with E-state index in [0.717, 1.165) is 22.0 Å². The maximum Gasteiger partial charge on any atom is 0.343 e. The van der Waals surface area contributed by atoms with Gasteiger partial charge in [-0.05, 0) is 35.9 Å². The quantitative estimate of drug-likeness (QED) is 0.581. The summed E-state index contributed by atoms with van der Waals surface area (Å²) >= 11 is 5.27. The van der Waals surface area contributed by atoms with E-state index in [1.807, 2.05) is 41.7 Å². The molecule has 2 aliphatic heterocycles. The highest BCUT2D eigenvalue weighted by Gasteiger charge is 2.22. The minimum Gasteiger partial charge on any atom is -0.493 e. The number of carbonyl (C=O) groups is 2. The largest absolute Gasteiger partial charge is 0.493 e. The first-order chi connectivity index (χ1) is 13.1. The molecule has 0 spiro atoms. The van der Waals surface area contributed by atoms with Crippen molar-refractivity contribution in [2.45, 2.75) is 9.48 Å². The Balaban J connectivity index is 1.54. The smallest absolute Gasteiger partial charge is 0.343 e. The number of benzene rings is 2. The molecule has 5 nitrogen and oxygen atoms in total. The maximum absolute atomic E-state index is 12.6. The van der Waals surface area contributed by atoms with Crippen LogP contribution in [0, 0.1) is 0 Å². The average molecular weight is 420 g/mol. The molecule has 2 aromatic carbocycles. The van der Waals surface area contributed by atoms with Crippen molar-refractivity contribution < 1.29 is 19.1 Å². The van der Waals surface area contributed by atoms with Gasteiger partial charge in [-0.15, -0.1) is 35.3 Å². The van der Waals surface area contributed by atoms with Crippen LogP contribution >= 0.6 is 35.3 Å². The van der Waals surface area contributed by atoms with E-state index in [1.165, 1.54) is 11.8 Å². The van der Waals surface area contributed by atoms with Crippen molar-refractivity contribution in [1.29, 1.82) is 0 Å². The van der Waals surface area contributed by atoms with Crippen LogP contribution in [0.5, 0.6) is 11.5 Å². The van der Waals surface area contributed by atoms with Crippen molar-refractivity contribution in [2.24, 2.45) is 0 Å². The summed E-state index contributed by atoms with van der Waals surface area (Å²) in [6, 6.07) is 10.9. The molecule has 1 N–H and O–H groups in total. The molecule has 0 saturated carbocycles. The standard InChI is InChI=1S/C19H17NO4S3/c1-23-15-9-12(19-25-6-7-26-19)2-4-14(15)24-18(22)11-3-5-16-13(8-11)20-17(21)10-27-16/h2-5,8-9,19H,6-7,10H2,1H3,(H,20,21). The summed E-state index contributed by atoms with van der Waals surface area (Å²) in [5, 5.41) is 2.78. The van der Waals surface area contributed by atoms with E-state index in [1.54, 1.807) is 25.3 Å². The van der Waals surface area contributed by atoms with Gasteiger partial charge in [-0.3, -0.25) is 4.79 Å². The van der Waals surface area contributed by atoms with E-state index in [9.17, 15) is 9.59 Å². The third-order valence-electron chi connectivity index (χ3n) is 4.13. The van der Waals surface area contributed by atoms with Crippen LogP contribution in [0.4, 0.5) is 5.69 Å². The second-order valence-electron chi connectivity index (χ2n) is 5.92. The summed E-state index contributed by atoms with van der Waals surface area (Å²) in [5.74, 6) is 3.03. The monoisotopic (exact) mass is 419 g/mol. The number of esters is 1. The third-order valence-corrected chi connectivity index (χ3v) is 8.31. The zero-order valence-corrected chi connectivity index (χ0v) is 17.0. The summed E-state index contributed by atoms with van der Waals surface area (Å²) in [5.41, 5.74) is 2.18. The van der Waals surface area contributed by atoms with E-state index >= 15 is 0 Å². The van der Waals surface area contributed by atoms with Gasteiger partial charge in [-0.2, -0.15) is 0 Å². The number of thioether (sulfide) groups is 3. The van der Waals surface area contributed by atoms with Gasteiger partial charge in [0.1, 0.15) is 0 Å². The van der Waals surface area contributed by atoms with E-state index in [4.69, 9.17) is 9.47 Å². The third kappa shape index (κ3) is 4.07. The Morgan fingerprint density at radius 2 is 1.93 bits per heavy atom. The Bertz CT molecular complexity index is 897. The zero-order chi connectivity index (χ0) is 18.8. The van der Waals surface area contributed by atoms with Crippen LogP contribution in [-0.2, 0) is 4.79 Å². The van der Waals surface area contributed by atoms with Crippen molar-refractivity contribution >= 4 is 52.8 Å². The lowest BCUT2D eigenvalue weighted by molar-refractivity contribution is -0.113. The van der Waals surface area contributed by atoms with Gasteiger partial charge in [-0.25, -0.2) is 4.79 Å². The summed E-state index contributed by atoms with van der Waals surface area (Å²) in [7, 11) is 1.57. The molecule has 0 radical (unpaired) electrons. The van der Waals surface area contributed by atoms with E-state index < -0.39 is 5.97 Å². The lowest BCUT2D eigenvalue weighted by atomic mass is 10.2.